The molecule has 3 nitrogen and oxygen atoms in total. The zero-order valence-corrected chi connectivity index (χ0v) is 23.1. The van der Waals surface area contributed by atoms with Gasteiger partial charge in [0, 0.05) is 17.9 Å². The van der Waals surface area contributed by atoms with Crippen molar-refractivity contribution in [1.29, 1.82) is 0 Å². The van der Waals surface area contributed by atoms with Crippen LogP contribution in [0.2, 0.25) is 0 Å². The van der Waals surface area contributed by atoms with Crippen molar-refractivity contribution in [2.24, 2.45) is 56.7 Å². The molecule has 0 aromatic heterocycles. The fourth-order valence-electron chi connectivity index (χ4n) is 11.5. The van der Waals surface area contributed by atoms with Crippen LogP contribution in [-0.2, 0) is 9.59 Å². The molecule has 5 rings (SSSR count). The van der Waals surface area contributed by atoms with Crippen molar-refractivity contribution >= 4 is 11.8 Å². The number of Topliss-reactive ketones (excluding diaryl/α,β-unsaturated/α-hetero) is 1. The number of ketones is 1. The van der Waals surface area contributed by atoms with Crippen LogP contribution in [0, 0.1) is 56.7 Å². The zero-order valence-electron chi connectivity index (χ0n) is 23.1. The second-order valence-electron chi connectivity index (χ2n) is 14.7. The van der Waals surface area contributed by atoms with Gasteiger partial charge in [-0.2, -0.15) is 0 Å². The molecule has 5 fully saturated rings. The highest BCUT2D eigenvalue weighted by Crippen LogP contribution is 2.77. The highest BCUT2D eigenvalue weighted by atomic mass is 16.4. The monoisotopic (exact) mass is 480 g/mol. The van der Waals surface area contributed by atoms with Crippen molar-refractivity contribution in [3.63, 3.8) is 0 Å². The Bertz CT molecular complexity index is 975. The van der Waals surface area contributed by atoms with Crippen molar-refractivity contribution in [3.8, 4) is 0 Å². The van der Waals surface area contributed by atoms with Gasteiger partial charge in [-0.25, -0.2) is 4.79 Å². The number of aliphatic carboxylic acids is 1. The number of rotatable bonds is 3. The van der Waals surface area contributed by atoms with Crippen molar-refractivity contribution in [3.05, 3.63) is 24.3 Å². The molecule has 0 bridgehead atoms. The Morgan fingerprint density at radius 1 is 0.914 bits per heavy atom. The number of hydrogen-bond donors (Lipinski definition) is 1. The predicted octanol–water partition coefficient (Wildman–Crippen LogP) is 7.85. The Morgan fingerprint density at radius 3 is 2.29 bits per heavy atom. The number of carboxylic acid groups (broad SMARTS) is 1. The molecule has 5 saturated carbocycles. The van der Waals surface area contributed by atoms with E-state index in [-0.39, 0.29) is 27.1 Å². The van der Waals surface area contributed by atoms with E-state index in [2.05, 4.69) is 54.2 Å². The van der Waals surface area contributed by atoms with Gasteiger partial charge in [0.1, 0.15) is 5.78 Å². The summed E-state index contributed by atoms with van der Waals surface area (Å²) < 4.78 is 0. The van der Waals surface area contributed by atoms with Gasteiger partial charge in [-0.3, -0.25) is 4.79 Å². The molecular weight excluding hydrogens is 432 g/mol. The van der Waals surface area contributed by atoms with Crippen LogP contribution in [-0.4, -0.2) is 16.9 Å². The number of carbonyl (C=O) groups excluding carboxylic acids is 1. The molecule has 5 aliphatic carbocycles. The minimum absolute atomic E-state index is 0.00966. The van der Waals surface area contributed by atoms with Gasteiger partial charge in [-0.05, 0) is 116 Å². The molecule has 0 saturated heterocycles. The van der Waals surface area contributed by atoms with Crippen LogP contribution in [0.25, 0.3) is 0 Å². The van der Waals surface area contributed by atoms with Gasteiger partial charge in [0.15, 0.2) is 0 Å². The summed E-state index contributed by atoms with van der Waals surface area (Å²) in [6.45, 7) is 18.9. The van der Waals surface area contributed by atoms with Crippen LogP contribution >= 0.6 is 0 Å². The van der Waals surface area contributed by atoms with Gasteiger partial charge in [0.2, 0.25) is 0 Å². The lowest BCUT2D eigenvalue weighted by Gasteiger charge is -2.72. The van der Waals surface area contributed by atoms with E-state index in [4.69, 9.17) is 0 Å². The summed E-state index contributed by atoms with van der Waals surface area (Å²) in [6, 6.07) is 0. The molecule has 0 aliphatic heterocycles. The summed E-state index contributed by atoms with van der Waals surface area (Å²) in [5.41, 5.74) is 1.85. The molecular formula is C32H48O3. The number of allylic oxidation sites excluding steroid dienone is 2. The largest absolute Gasteiger partial charge is 0.478 e. The van der Waals surface area contributed by atoms with Crippen molar-refractivity contribution in [2.75, 3.05) is 0 Å². The Balaban J connectivity index is 1.56. The van der Waals surface area contributed by atoms with E-state index in [1.807, 2.05) is 0 Å². The summed E-state index contributed by atoms with van der Waals surface area (Å²) in [7, 11) is 0. The fourth-order valence-corrected chi connectivity index (χ4v) is 11.5. The van der Waals surface area contributed by atoms with E-state index in [0.717, 1.165) is 32.1 Å². The van der Waals surface area contributed by atoms with E-state index in [1.54, 1.807) is 0 Å². The topological polar surface area (TPSA) is 54.4 Å². The molecule has 35 heavy (non-hydrogen) atoms. The van der Waals surface area contributed by atoms with Gasteiger partial charge >= 0.3 is 5.97 Å². The molecule has 0 heterocycles. The Kier molecular flexibility index (Phi) is 5.64. The van der Waals surface area contributed by atoms with Crippen LogP contribution in [0.1, 0.15) is 106 Å². The summed E-state index contributed by atoms with van der Waals surface area (Å²) in [5, 5.41) is 9.49. The standard InChI is InChI=1S/C32H48O3/c1-20(2)21-10-16-32(17-13-26(34)35)19-18-30(6)22(27(21)32)8-9-24-29(5)14-12-25(33)28(3,4)23(29)11-15-31(24,30)7/h13,17,21-24,27H,1,8-12,14-16,18-19H2,2-7H3,(H,34,35)/t21-,22?,23?,24?,27?,29-,30+,31+,32-/m0/s1. The van der Waals surface area contributed by atoms with Gasteiger partial charge in [-0.1, -0.05) is 52.8 Å². The molecule has 0 aromatic rings. The highest BCUT2D eigenvalue weighted by molar-refractivity contribution is 5.85. The minimum atomic E-state index is -0.818. The number of carboxylic acids is 1. The second-order valence-corrected chi connectivity index (χ2v) is 14.7. The number of fused-ring (bicyclic) bond motifs is 7. The molecule has 194 valence electrons. The lowest BCUT2D eigenvalue weighted by atomic mass is 9.32. The molecule has 0 aromatic carbocycles. The quantitative estimate of drug-likeness (QED) is 0.330. The molecule has 4 unspecified atom stereocenters. The van der Waals surface area contributed by atoms with Gasteiger partial charge < -0.3 is 5.11 Å². The first-order valence-electron chi connectivity index (χ1n) is 14.3. The number of hydrogen-bond acceptors (Lipinski definition) is 2. The maximum Gasteiger partial charge on any atom is 0.327 e. The maximum absolute atomic E-state index is 13.0. The molecule has 5 aliphatic rings. The van der Waals surface area contributed by atoms with Crippen LogP contribution in [0.3, 0.4) is 0 Å². The first kappa shape index (κ1) is 25.3. The van der Waals surface area contributed by atoms with E-state index in [9.17, 15) is 14.7 Å². The summed E-state index contributed by atoms with van der Waals surface area (Å²) in [4.78, 5) is 24.5. The van der Waals surface area contributed by atoms with E-state index in [1.165, 1.54) is 43.8 Å². The normalized spacial score (nSPS) is 50.7. The molecule has 0 amide bonds. The van der Waals surface area contributed by atoms with Crippen molar-refractivity contribution in [1.82, 2.24) is 0 Å². The molecule has 3 heteroatoms. The Labute approximate surface area is 213 Å². The summed E-state index contributed by atoms with van der Waals surface area (Å²) >= 11 is 0. The lowest BCUT2D eigenvalue weighted by molar-refractivity contribution is -0.230. The molecule has 1 N–H and O–H groups in total. The summed E-state index contributed by atoms with van der Waals surface area (Å²) in [6.07, 6.45) is 14.8. The van der Waals surface area contributed by atoms with Crippen molar-refractivity contribution < 1.29 is 14.7 Å². The average Bonchev–Trinajstić information content (AvgIpc) is 3.16. The fraction of sp³-hybridized carbons (Fsp3) is 0.812. The first-order chi connectivity index (χ1) is 16.2. The highest BCUT2D eigenvalue weighted by Gasteiger charge is 2.70. The Morgan fingerprint density at radius 2 is 1.63 bits per heavy atom. The maximum atomic E-state index is 13.0. The predicted molar refractivity (Wildman–Crippen MR) is 141 cm³/mol. The SMILES string of the molecule is C=C(C)[C@@H]1CC[C@]2(C=CC(=O)O)CC[C@]3(C)C(CCC4[C@@]5(C)CCC(=O)C(C)(C)C5CC[C@]43C)C12. The van der Waals surface area contributed by atoms with E-state index >= 15 is 0 Å². The van der Waals surface area contributed by atoms with Gasteiger partial charge in [0.25, 0.3) is 0 Å². The summed E-state index contributed by atoms with van der Waals surface area (Å²) in [5.74, 6) is 2.42. The first-order valence-corrected chi connectivity index (χ1v) is 14.3. The van der Waals surface area contributed by atoms with E-state index in [0.29, 0.717) is 35.4 Å². The van der Waals surface area contributed by atoms with Crippen LogP contribution in [0.15, 0.2) is 24.3 Å². The zero-order chi connectivity index (χ0) is 25.6. The second kappa shape index (κ2) is 7.81. The number of carbonyl (C=O) groups is 2. The van der Waals surface area contributed by atoms with Gasteiger partial charge in [-0.15, -0.1) is 0 Å². The molecule has 9 atom stereocenters. The Hall–Kier alpha value is -1.38. The third-order valence-electron chi connectivity index (χ3n) is 13.4. The van der Waals surface area contributed by atoms with Crippen LogP contribution in [0.4, 0.5) is 0 Å². The van der Waals surface area contributed by atoms with E-state index < -0.39 is 5.97 Å². The average molecular weight is 481 g/mol. The molecule has 0 spiro atoms. The third kappa shape index (κ3) is 3.21. The smallest absolute Gasteiger partial charge is 0.327 e. The van der Waals surface area contributed by atoms with Crippen LogP contribution in [0.5, 0.6) is 0 Å². The lowest BCUT2D eigenvalue weighted by Crippen LogP contribution is -2.66. The molecule has 0 radical (unpaired) electrons. The van der Waals surface area contributed by atoms with Gasteiger partial charge in [0.05, 0.1) is 0 Å². The van der Waals surface area contributed by atoms with Crippen molar-refractivity contribution in [2.45, 2.75) is 106 Å². The van der Waals surface area contributed by atoms with Crippen LogP contribution < -0.4 is 0 Å². The third-order valence-corrected chi connectivity index (χ3v) is 13.4. The minimum Gasteiger partial charge on any atom is -0.478 e.